The van der Waals surface area contributed by atoms with Gasteiger partial charge in [-0.3, -0.25) is 0 Å². The van der Waals surface area contributed by atoms with E-state index in [9.17, 15) is 9.90 Å². The molecule has 0 radical (unpaired) electrons. The van der Waals surface area contributed by atoms with Crippen LogP contribution in [0.25, 0.3) is 28.9 Å². The Morgan fingerprint density at radius 1 is 1.00 bits per heavy atom. The van der Waals surface area contributed by atoms with Gasteiger partial charge in [-0.2, -0.15) is 0 Å². The zero-order chi connectivity index (χ0) is 24.2. The van der Waals surface area contributed by atoms with Crippen LogP contribution in [0, 0.1) is 0 Å². The first-order valence-corrected chi connectivity index (χ1v) is 11.2. The summed E-state index contributed by atoms with van der Waals surface area (Å²) >= 11 is 13.0. The molecule has 0 amide bonds. The van der Waals surface area contributed by atoms with E-state index in [-0.39, 0.29) is 16.0 Å². The molecule has 1 N–H and O–H groups in total. The Morgan fingerprint density at radius 2 is 1.74 bits per heavy atom. The normalized spacial score (nSPS) is 11.5. The fourth-order valence-corrected chi connectivity index (χ4v) is 3.95. The smallest absolute Gasteiger partial charge is 0.342 e. The topological polar surface area (TPSA) is 108 Å². The summed E-state index contributed by atoms with van der Waals surface area (Å²) in [5.74, 6) is 0.822. The van der Waals surface area contributed by atoms with Crippen LogP contribution in [0.3, 0.4) is 0 Å². The Balaban J connectivity index is 1.59. The van der Waals surface area contributed by atoms with Gasteiger partial charge in [-0.15, -0.1) is 10.2 Å². The number of nitrogens with zero attached hydrogens (tertiary/aromatic N) is 2. The number of carbonyl (C=O) groups is 1. The van der Waals surface area contributed by atoms with Crippen LogP contribution in [0.4, 0.5) is 0 Å². The monoisotopic (exact) mass is 518 g/mol. The van der Waals surface area contributed by atoms with Crippen LogP contribution in [0.1, 0.15) is 5.76 Å². The van der Waals surface area contributed by atoms with Crippen molar-refractivity contribution in [1.29, 1.82) is 0 Å². The van der Waals surface area contributed by atoms with Gasteiger partial charge in [-0.1, -0.05) is 23.2 Å². The molecular formula is C23H16Cl2N2O6S. The van der Waals surface area contributed by atoms with E-state index >= 15 is 0 Å². The second kappa shape index (κ2) is 10.3. The molecule has 11 heteroatoms. The number of carboxylic acids is 1. The highest BCUT2D eigenvalue weighted by Gasteiger charge is 2.18. The number of aliphatic carboxylic acids is 1. The summed E-state index contributed by atoms with van der Waals surface area (Å²) in [4.78, 5) is 11.7. The summed E-state index contributed by atoms with van der Waals surface area (Å²) in [6.07, 6.45) is 1.35. The molecule has 2 aromatic heterocycles. The molecule has 0 saturated heterocycles. The quantitative estimate of drug-likeness (QED) is 0.205. The van der Waals surface area contributed by atoms with E-state index in [1.807, 2.05) is 0 Å². The number of rotatable bonds is 8. The first-order valence-electron chi connectivity index (χ1n) is 9.61. The molecule has 0 atom stereocenters. The molecule has 8 nitrogen and oxygen atoms in total. The van der Waals surface area contributed by atoms with Gasteiger partial charge >= 0.3 is 5.97 Å². The minimum Gasteiger partial charge on any atom is -0.497 e. The summed E-state index contributed by atoms with van der Waals surface area (Å²) in [6, 6.07) is 13.4. The highest BCUT2D eigenvalue weighted by molar-refractivity contribution is 8.03. The molecule has 0 aliphatic carbocycles. The predicted molar refractivity (Wildman–Crippen MR) is 128 cm³/mol. The lowest BCUT2D eigenvalue weighted by atomic mass is 10.2. The van der Waals surface area contributed by atoms with Gasteiger partial charge in [0.15, 0.2) is 0 Å². The minimum absolute atomic E-state index is 0.0371. The third-order valence-corrected chi connectivity index (χ3v) is 5.92. The van der Waals surface area contributed by atoms with E-state index in [1.54, 1.807) is 48.5 Å². The van der Waals surface area contributed by atoms with Crippen molar-refractivity contribution in [2.75, 3.05) is 14.2 Å². The highest BCUT2D eigenvalue weighted by Crippen LogP contribution is 2.35. The summed E-state index contributed by atoms with van der Waals surface area (Å²) in [6.45, 7) is 0. The van der Waals surface area contributed by atoms with E-state index in [4.69, 9.17) is 41.5 Å². The number of carboxylic acid groups (broad SMARTS) is 1. The van der Waals surface area contributed by atoms with Crippen LogP contribution in [0.5, 0.6) is 11.5 Å². The molecule has 0 saturated carbocycles. The number of benzene rings is 2. The van der Waals surface area contributed by atoms with E-state index < -0.39 is 5.97 Å². The Morgan fingerprint density at radius 3 is 2.41 bits per heavy atom. The predicted octanol–water partition coefficient (Wildman–Crippen LogP) is 6.54. The molecule has 34 heavy (non-hydrogen) atoms. The maximum atomic E-state index is 11.8. The third-order valence-electron chi connectivity index (χ3n) is 4.51. The third kappa shape index (κ3) is 5.39. The lowest BCUT2D eigenvalue weighted by Gasteiger charge is -2.05. The van der Waals surface area contributed by atoms with Gasteiger partial charge in [-0.25, -0.2) is 4.79 Å². The molecule has 0 fully saturated rings. The van der Waals surface area contributed by atoms with E-state index in [1.165, 1.54) is 20.3 Å². The minimum atomic E-state index is -1.19. The number of methoxy groups -OCH3 is 2. The maximum Gasteiger partial charge on any atom is 0.342 e. The number of hydrogen-bond donors (Lipinski definition) is 1. The summed E-state index contributed by atoms with van der Waals surface area (Å²) < 4.78 is 21.9. The van der Waals surface area contributed by atoms with Crippen LogP contribution in [-0.4, -0.2) is 35.5 Å². The molecule has 2 heterocycles. The Bertz CT molecular complexity index is 1360. The number of halogens is 2. The Labute approximate surface area is 208 Å². The highest BCUT2D eigenvalue weighted by atomic mass is 35.5. The molecule has 174 valence electrons. The van der Waals surface area contributed by atoms with Gasteiger partial charge in [0.1, 0.15) is 27.9 Å². The number of furan rings is 1. The van der Waals surface area contributed by atoms with Crippen molar-refractivity contribution in [3.8, 4) is 34.3 Å². The van der Waals surface area contributed by atoms with Gasteiger partial charge in [0, 0.05) is 28.3 Å². The lowest BCUT2D eigenvalue weighted by Crippen LogP contribution is -1.96. The molecule has 4 aromatic rings. The number of aromatic nitrogens is 2. The zero-order valence-corrected chi connectivity index (χ0v) is 20.1. The van der Waals surface area contributed by atoms with Gasteiger partial charge in [0.25, 0.3) is 5.22 Å². The number of hydrogen-bond acceptors (Lipinski definition) is 8. The summed E-state index contributed by atoms with van der Waals surface area (Å²) in [7, 11) is 3.05. The molecule has 0 unspecified atom stereocenters. The summed E-state index contributed by atoms with van der Waals surface area (Å²) in [5.41, 5.74) is 1.15. The molecule has 2 aromatic carbocycles. The van der Waals surface area contributed by atoms with Gasteiger partial charge in [0.2, 0.25) is 5.89 Å². The second-order valence-electron chi connectivity index (χ2n) is 6.72. The number of ether oxygens (including phenoxy) is 2. The summed E-state index contributed by atoms with van der Waals surface area (Å²) in [5, 5.41) is 18.6. The van der Waals surface area contributed by atoms with Gasteiger partial charge < -0.3 is 23.4 Å². The Hall–Kier alpha value is -3.40. The molecule has 0 spiro atoms. The van der Waals surface area contributed by atoms with E-state index in [0.717, 1.165) is 11.8 Å². The first-order chi connectivity index (χ1) is 16.4. The zero-order valence-electron chi connectivity index (χ0n) is 17.7. The standard InChI is InChI=1S/C23H16Cl2N2O6S/c1-30-15-7-12(8-16(10-15)31-2)21-26-27-23(33-21)34-20(22(28)29)11-14-4-6-19(32-14)17-9-13(24)3-5-18(17)25/h3-11H,1-2H3,(H,28,29)/b20-11-. The molecule has 4 rings (SSSR count). The average Bonchev–Trinajstić information content (AvgIpc) is 3.49. The fourth-order valence-electron chi connectivity index (χ4n) is 2.92. The van der Waals surface area contributed by atoms with E-state index in [0.29, 0.717) is 44.2 Å². The Kier molecular flexibility index (Phi) is 7.16. The fraction of sp³-hybridized carbons (Fsp3) is 0.0870. The van der Waals surface area contributed by atoms with Crippen molar-refractivity contribution in [2.45, 2.75) is 5.22 Å². The van der Waals surface area contributed by atoms with Crippen LogP contribution in [0.15, 0.2) is 67.5 Å². The van der Waals surface area contributed by atoms with Crippen molar-refractivity contribution < 1.29 is 28.2 Å². The second-order valence-corrected chi connectivity index (χ2v) is 8.55. The molecule has 0 aliphatic rings. The van der Waals surface area contributed by atoms with Gasteiger partial charge in [-0.05, 0) is 54.2 Å². The van der Waals surface area contributed by atoms with E-state index in [2.05, 4.69) is 10.2 Å². The molecular weight excluding hydrogens is 503 g/mol. The van der Waals surface area contributed by atoms with Crippen LogP contribution < -0.4 is 9.47 Å². The lowest BCUT2D eigenvalue weighted by molar-refractivity contribution is -0.131. The molecule has 0 bridgehead atoms. The number of thioether (sulfide) groups is 1. The van der Waals surface area contributed by atoms with Crippen LogP contribution in [-0.2, 0) is 4.79 Å². The molecule has 0 aliphatic heterocycles. The van der Waals surface area contributed by atoms with Crippen LogP contribution >= 0.6 is 35.0 Å². The van der Waals surface area contributed by atoms with Crippen molar-refractivity contribution in [2.24, 2.45) is 0 Å². The average molecular weight is 519 g/mol. The SMILES string of the molecule is COc1cc(OC)cc(-c2nnc(S/C(=C\c3ccc(-c4cc(Cl)ccc4Cl)o3)C(=O)O)o2)c1. The van der Waals surface area contributed by atoms with Gasteiger partial charge in [0.05, 0.1) is 19.2 Å². The van der Waals surface area contributed by atoms with Crippen molar-refractivity contribution >= 4 is 47.0 Å². The van der Waals surface area contributed by atoms with Crippen molar-refractivity contribution in [3.63, 3.8) is 0 Å². The van der Waals surface area contributed by atoms with Crippen LogP contribution in [0.2, 0.25) is 10.0 Å². The maximum absolute atomic E-state index is 11.8. The largest absolute Gasteiger partial charge is 0.497 e. The first kappa shape index (κ1) is 23.7. The van der Waals surface area contributed by atoms with Crippen molar-refractivity contribution in [1.82, 2.24) is 10.2 Å². The van der Waals surface area contributed by atoms with Crippen molar-refractivity contribution in [3.05, 3.63) is 69.2 Å².